The van der Waals surface area contributed by atoms with Crippen LogP contribution in [0.2, 0.25) is 0 Å². The van der Waals surface area contributed by atoms with Crippen LogP contribution in [0.3, 0.4) is 0 Å². The summed E-state index contributed by atoms with van der Waals surface area (Å²) in [6.45, 7) is 2.09. The van der Waals surface area contributed by atoms with Gasteiger partial charge < -0.3 is 5.32 Å². The first kappa shape index (κ1) is 11.7. The molecule has 3 heteroatoms. The third kappa shape index (κ3) is 2.02. The van der Waals surface area contributed by atoms with Gasteiger partial charge in [0.1, 0.15) is 11.6 Å². The van der Waals surface area contributed by atoms with Crippen LogP contribution in [-0.2, 0) is 0 Å². The van der Waals surface area contributed by atoms with Crippen LogP contribution >= 0.6 is 0 Å². The van der Waals surface area contributed by atoms with Crippen molar-refractivity contribution in [2.45, 2.75) is 25.8 Å². The summed E-state index contributed by atoms with van der Waals surface area (Å²) >= 11 is 0. The predicted molar refractivity (Wildman–Crippen MR) is 68.3 cm³/mol. The summed E-state index contributed by atoms with van der Waals surface area (Å²) in [5.74, 6) is 0.849. The largest absolute Gasteiger partial charge is 0.380 e. The van der Waals surface area contributed by atoms with Gasteiger partial charge in [-0.2, -0.15) is 0 Å². The van der Waals surface area contributed by atoms with Gasteiger partial charge >= 0.3 is 0 Å². The molecule has 0 heterocycles. The third-order valence-electron chi connectivity index (χ3n) is 4.29. The van der Waals surface area contributed by atoms with Crippen molar-refractivity contribution in [3.63, 3.8) is 0 Å². The standard InChI is InChI=1S/C15H17F2N/c1-9(13-7-10-2-3-11(13)6-10)18-15-5-4-12(16)8-14(15)17/h2-5,8-11,13,18H,6-7H2,1H3. The lowest BCUT2D eigenvalue weighted by molar-refractivity contribution is 0.398. The topological polar surface area (TPSA) is 12.0 Å². The molecule has 0 radical (unpaired) electrons. The minimum atomic E-state index is -0.534. The van der Waals surface area contributed by atoms with Gasteiger partial charge in [-0.05, 0) is 49.7 Å². The number of anilines is 1. The smallest absolute Gasteiger partial charge is 0.149 e. The molecular weight excluding hydrogens is 232 g/mol. The molecule has 0 aromatic heterocycles. The van der Waals surface area contributed by atoms with Crippen molar-refractivity contribution in [2.24, 2.45) is 17.8 Å². The van der Waals surface area contributed by atoms with E-state index in [1.807, 2.05) is 0 Å². The van der Waals surface area contributed by atoms with Gasteiger partial charge in [0.05, 0.1) is 5.69 Å². The molecule has 1 aromatic rings. The summed E-state index contributed by atoms with van der Waals surface area (Å²) in [5.41, 5.74) is 0.399. The number of hydrogen-bond acceptors (Lipinski definition) is 1. The normalized spacial score (nSPS) is 30.7. The zero-order valence-electron chi connectivity index (χ0n) is 10.4. The van der Waals surface area contributed by atoms with E-state index < -0.39 is 11.6 Å². The van der Waals surface area contributed by atoms with Crippen LogP contribution < -0.4 is 5.32 Å². The van der Waals surface area contributed by atoms with Crippen molar-refractivity contribution >= 4 is 5.69 Å². The fraction of sp³-hybridized carbons (Fsp3) is 0.467. The number of hydrogen-bond donors (Lipinski definition) is 1. The predicted octanol–water partition coefficient (Wildman–Crippen LogP) is 3.98. The number of rotatable bonds is 3. The summed E-state index contributed by atoms with van der Waals surface area (Å²) < 4.78 is 26.4. The average Bonchev–Trinajstić information content (AvgIpc) is 2.94. The highest BCUT2D eigenvalue weighted by molar-refractivity contribution is 5.45. The second-order valence-corrected chi connectivity index (χ2v) is 5.50. The van der Waals surface area contributed by atoms with E-state index in [0.29, 0.717) is 23.4 Å². The minimum absolute atomic E-state index is 0.213. The molecule has 96 valence electrons. The summed E-state index contributed by atoms with van der Waals surface area (Å²) in [6, 6.07) is 3.91. The Morgan fingerprint density at radius 2 is 2.06 bits per heavy atom. The molecule has 3 rings (SSSR count). The first-order valence-corrected chi connectivity index (χ1v) is 6.53. The Bertz CT molecular complexity index is 483. The molecule has 4 atom stereocenters. The highest BCUT2D eigenvalue weighted by Gasteiger charge is 2.38. The maximum Gasteiger partial charge on any atom is 0.149 e. The molecule has 0 aliphatic heterocycles. The SMILES string of the molecule is CC(Nc1ccc(F)cc1F)C1CC2C=CC1C2. The van der Waals surface area contributed by atoms with E-state index in [9.17, 15) is 8.78 Å². The van der Waals surface area contributed by atoms with E-state index in [2.05, 4.69) is 24.4 Å². The van der Waals surface area contributed by atoms with Gasteiger partial charge in [0, 0.05) is 12.1 Å². The van der Waals surface area contributed by atoms with Crippen molar-refractivity contribution in [1.29, 1.82) is 0 Å². The summed E-state index contributed by atoms with van der Waals surface area (Å²) in [4.78, 5) is 0. The van der Waals surface area contributed by atoms with Crippen molar-refractivity contribution in [3.8, 4) is 0 Å². The monoisotopic (exact) mass is 249 g/mol. The second kappa shape index (κ2) is 4.38. The third-order valence-corrected chi connectivity index (χ3v) is 4.29. The van der Waals surface area contributed by atoms with Gasteiger partial charge in [-0.15, -0.1) is 0 Å². The van der Waals surface area contributed by atoms with Crippen LogP contribution in [0.4, 0.5) is 14.5 Å². The second-order valence-electron chi connectivity index (χ2n) is 5.50. The van der Waals surface area contributed by atoms with E-state index in [1.54, 1.807) is 0 Å². The minimum Gasteiger partial charge on any atom is -0.380 e. The highest BCUT2D eigenvalue weighted by atomic mass is 19.1. The van der Waals surface area contributed by atoms with E-state index in [-0.39, 0.29) is 6.04 Å². The number of fused-ring (bicyclic) bond motifs is 2. The zero-order valence-corrected chi connectivity index (χ0v) is 10.4. The Kier molecular flexibility index (Phi) is 2.84. The first-order chi connectivity index (χ1) is 8.63. The molecule has 1 aromatic carbocycles. The zero-order chi connectivity index (χ0) is 12.7. The van der Waals surface area contributed by atoms with E-state index in [1.165, 1.54) is 25.0 Å². The van der Waals surface area contributed by atoms with Gasteiger partial charge in [0.25, 0.3) is 0 Å². The van der Waals surface area contributed by atoms with Gasteiger partial charge in [-0.1, -0.05) is 12.2 Å². The summed E-state index contributed by atoms with van der Waals surface area (Å²) in [7, 11) is 0. The Balaban J connectivity index is 1.71. The van der Waals surface area contributed by atoms with Crippen LogP contribution in [-0.4, -0.2) is 6.04 Å². The van der Waals surface area contributed by atoms with Gasteiger partial charge in [0.2, 0.25) is 0 Å². The number of allylic oxidation sites excluding steroid dienone is 2. The quantitative estimate of drug-likeness (QED) is 0.799. The van der Waals surface area contributed by atoms with Crippen molar-refractivity contribution < 1.29 is 8.78 Å². The van der Waals surface area contributed by atoms with Gasteiger partial charge in [-0.3, -0.25) is 0 Å². The summed E-state index contributed by atoms with van der Waals surface area (Å²) in [6.07, 6.45) is 7.01. The fourth-order valence-corrected chi connectivity index (χ4v) is 3.36. The number of nitrogens with one attached hydrogen (secondary N) is 1. The van der Waals surface area contributed by atoms with Crippen molar-refractivity contribution in [1.82, 2.24) is 0 Å². The van der Waals surface area contributed by atoms with Crippen molar-refractivity contribution in [2.75, 3.05) is 5.32 Å². The molecule has 2 aliphatic carbocycles. The van der Waals surface area contributed by atoms with Gasteiger partial charge in [-0.25, -0.2) is 8.78 Å². The lowest BCUT2D eigenvalue weighted by atomic mass is 9.87. The molecule has 2 bridgehead atoms. The Morgan fingerprint density at radius 1 is 1.22 bits per heavy atom. The Morgan fingerprint density at radius 3 is 2.67 bits per heavy atom. The van der Waals surface area contributed by atoms with Crippen LogP contribution in [0.1, 0.15) is 19.8 Å². The molecule has 4 unspecified atom stereocenters. The molecule has 0 amide bonds. The fourth-order valence-electron chi connectivity index (χ4n) is 3.36. The Labute approximate surface area is 106 Å². The Hall–Kier alpha value is -1.38. The van der Waals surface area contributed by atoms with Crippen LogP contribution in [0, 0.1) is 29.4 Å². The first-order valence-electron chi connectivity index (χ1n) is 6.53. The molecule has 0 spiro atoms. The van der Waals surface area contributed by atoms with E-state index in [4.69, 9.17) is 0 Å². The van der Waals surface area contributed by atoms with E-state index in [0.717, 1.165) is 6.07 Å². The molecule has 1 nitrogen and oxygen atoms in total. The average molecular weight is 249 g/mol. The number of halogens is 2. The van der Waals surface area contributed by atoms with Crippen LogP contribution in [0.25, 0.3) is 0 Å². The lowest BCUT2D eigenvalue weighted by Gasteiger charge is -2.27. The number of benzene rings is 1. The van der Waals surface area contributed by atoms with Crippen molar-refractivity contribution in [3.05, 3.63) is 42.0 Å². The molecule has 1 N–H and O–H groups in total. The molecule has 1 saturated carbocycles. The van der Waals surface area contributed by atoms with Crippen LogP contribution in [0.15, 0.2) is 30.4 Å². The maximum absolute atomic E-state index is 13.6. The molecule has 18 heavy (non-hydrogen) atoms. The maximum atomic E-state index is 13.6. The summed E-state index contributed by atoms with van der Waals surface area (Å²) in [5, 5.41) is 3.19. The molecular formula is C15H17F2N. The van der Waals surface area contributed by atoms with E-state index >= 15 is 0 Å². The van der Waals surface area contributed by atoms with Gasteiger partial charge in [0.15, 0.2) is 0 Å². The molecule has 1 fully saturated rings. The molecule has 2 aliphatic rings. The lowest BCUT2D eigenvalue weighted by Crippen LogP contribution is -2.29. The highest BCUT2D eigenvalue weighted by Crippen LogP contribution is 2.45. The van der Waals surface area contributed by atoms with Crippen LogP contribution in [0.5, 0.6) is 0 Å². The molecule has 0 saturated heterocycles.